The maximum atomic E-state index is 12.3. The van der Waals surface area contributed by atoms with Crippen molar-refractivity contribution in [3.63, 3.8) is 0 Å². The van der Waals surface area contributed by atoms with Crippen molar-refractivity contribution in [2.45, 2.75) is 13.8 Å². The van der Waals surface area contributed by atoms with Gasteiger partial charge in [0.2, 0.25) is 5.43 Å². The first-order valence-electron chi connectivity index (χ1n) is 7.94. The number of aromatic carboxylic acids is 1. The Morgan fingerprint density at radius 2 is 2.04 bits per heavy atom. The Morgan fingerprint density at radius 3 is 2.68 bits per heavy atom. The van der Waals surface area contributed by atoms with Gasteiger partial charge in [0.1, 0.15) is 10.6 Å². The minimum absolute atomic E-state index is 0.286. The van der Waals surface area contributed by atoms with Crippen molar-refractivity contribution in [3.05, 3.63) is 51.9 Å². The molecule has 0 bridgehead atoms. The van der Waals surface area contributed by atoms with E-state index in [1.807, 2.05) is 19.9 Å². The van der Waals surface area contributed by atoms with Crippen LogP contribution in [0.2, 0.25) is 0 Å². The van der Waals surface area contributed by atoms with Crippen LogP contribution in [0.15, 0.2) is 35.4 Å². The van der Waals surface area contributed by atoms with Crippen molar-refractivity contribution < 1.29 is 9.90 Å². The molecular formula is C18H17N3O3S. The van der Waals surface area contributed by atoms with Crippen molar-refractivity contribution in [3.8, 4) is 0 Å². The van der Waals surface area contributed by atoms with Crippen LogP contribution in [0.1, 0.15) is 29.8 Å². The first-order chi connectivity index (χ1) is 12.0. The Balaban J connectivity index is 2.19. The molecule has 2 heterocycles. The van der Waals surface area contributed by atoms with Crippen LogP contribution in [0.5, 0.6) is 0 Å². The highest BCUT2D eigenvalue weighted by Gasteiger charge is 2.15. The molecule has 0 radical (unpaired) electrons. The number of carboxylic acids is 1. The van der Waals surface area contributed by atoms with Gasteiger partial charge in [-0.3, -0.25) is 9.78 Å². The molecule has 0 saturated heterocycles. The summed E-state index contributed by atoms with van der Waals surface area (Å²) < 4.78 is 0. The number of aromatic nitrogens is 2. The molecule has 0 saturated carbocycles. The van der Waals surface area contributed by atoms with Crippen molar-refractivity contribution in [2.75, 3.05) is 13.1 Å². The van der Waals surface area contributed by atoms with Gasteiger partial charge < -0.3 is 15.0 Å². The summed E-state index contributed by atoms with van der Waals surface area (Å²) in [5, 5.41) is 10.2. The molecule has 1 aromatic carbocycles. The monoisotopic (exact) mass is 355 g/mol. The van der Waals surface area contributed by atoms with Crippen molar-refractivity contribution in [1.29, 1.82) is 0 Å². The van der Waals surface area contributed by atoms with E-state index < -0.39 is 11.4 Å². The molecule has 6 nitrogen and oxygen atoms in total. The molecule has 128 valence electrons. The van der Waals surface area contributed by atoms with E-state index in [1.165, 1.54) is 6.20 Å². The molecule has 0 spiro atoms. The van der Waals surface area contributed by atoms with Gasteiger partial charge in [0.05, 0.1) is 11.0 Å². The fourth-order valence-electron chi connectivity index (χ4n) is 2.86. The van der Waals surface area contributed by atoms with E-state index in [9.17, 15) is 9.59 Å². The molecule has 0 fully saturated rings. The molecule has 0 aliphatic heterocycles. The number of thiocarbonyl (C=S) groups is 1. The van der Waals surface area contributed by atoms with Crippen LogP contribution in [0, 0.1) is 0 Å². The lowest BCUT2D eigenvalue weighted by molar-refractivity contribution is 0.0695. The Hall–Kier alpha value is -2.80. The molecule has 0 amide bonds. The number of carbonyl (C=O) groups is 1. The number of nitrogens with one attached hydrogen (secondary N) is 1. The van der Waals surface area contributed by atoms with Gasteiger partial charge in [0.25, 0.3) is 0 Å². The van der Waals surface area contributed by atoms with Gasteiger partial charge in [-0.1, -0.05) is 18.3 Å². The van der Waals surface area contributed by atoms with E-state index >= 15 is 0 Å². The van der Waals surface area contributed by atoms with Crippen LogP contribution < -0.4 is 5.43 Å². The first-order valence-corrected chi connectivity index (χ1v) is 8.35. The van der Waals surface area contributed by atoms with Gasteiger partial charge in [0.15, 0.2) is 0 Å². The van der Waals surface area contributed by atoms with Gasteiger partial charge in [-0.2, -0.15) is 0 Å². The van der Waals surface area contributed by atoms with E-state index in [0.717, 1.165) is 29.0 Å². The third kappa shape index (κ3) is 2.87. The average Bonchev–Trinajstić information content (AvgIpc) is 2.61. The Kier molecular flexibility index (Phi) is 4.50. The SMILES string of the molecule is CCN(CC)C(=S)c1cnc2c(ccc3c(=O)c(C(=O)O)c[nH]c32)c1. The molecule has 25 heavy (non-hydrogen) atoms. The van der Waals surface area contributed by atoms with Crippen molar-refractivity contribution in [2.24, 2.45) is 0 Å². The lowest BCUT2D eigenvalue weighted by atomic mass is 10.1. The highest BCUT2D eigenvalue weighted by molar-refractivity contribution is 7.80. The molecule has 2 aromatic heterocycles. The van der Waals surface area contributed by atoms with Crippen molar-refractivity contribution in [1.82, 2.24) is 14.9 Å². The molecule has 3 rings (SSSR count). The zero-order chi connectivity index (χ0) is 18.1. The summed E-state index contributed by atoms with van der Waals surface area (Å²) in [4.78, 5) is 33.6. The molecule has 7 heteroatoms. The molecule has 0 unspecified atom stereocenters. The summed E-state index contributed by atoms with van der Waals surface area (Å²) in [6.45, 7) is 5.72. The Labute approximate surface area is 149 Å². The Bertz CT molecular complexity index is 1050. The summed E-state index contributed by atoms with van der Waals surface area (Å²) in [6, 6.07) is 5.32. The summed E-state index contributed by atoms with van der Waals surface area (Å²) in [5.41, 5.74) is 1.17. The molecule has 0 atom stereocenters. The maximum absolute atomic E-state index is 12.3. The van der Waals surface area contributed by atoms with E-state index in [1.54, 1.807) is 18.3 Å². The van der Waals surface area contributed by atoms with Gasteiger partial charge >= 0.3 is 5.97 Å². The Morgan fingerprint density at radius 1 is 1.32 bits per heavy atom. The predicted octanol–water partition coefficient (Wildman–Crippen LogP) is 2.79. The number of benzene rings is 1. The summed E-state index contributed by atoms with van der Waals surface area (Å²) in [7, 11) is 0. The zero-order valence-electron chi connectivity index (χ0n) is 13.9. The van der Waals surface area contributed by atoms with Crippen LogP contribution in [-0.2, 0) is 0 Å². The second-order valence-electron chi connectivity index (χ2n) is 5.60. The summed E-state index contributed by atoms with van der Waals surface area (Å²) in [5.74, 6) is -1.25. The number of hydrogen-bond donors (Lipinski definition) is 2. The minimum Gasteiger partial charge on any atom is -0.477 e. The molecule has 3 aromatic rings. The third-order valence-electron chi connectivity index (χ3n) is 4.23. The predicted molar refractivity (Wildman–Crippen MR) is 101 cm³/mol. The smallest absolute Gasteiger partial charge is 0.341 e. The number of hydrogen-bond acceptors (Lipinski definition) is 4. The highest BCUT2D eigenvalue weighted by atomic mass is 32.1. The molecular weight excluding hydrogens is 338 g/mol. The van der Waals surface area contributed by atoms with Crippen LogP contribution in [0.25, 0.3) is 21.8 Å². The standard InChI is InChI=1S/C18H17N3O3S/c1-3-21(4-2)17(25)11-7-10-5-6-12-15(14(10)19-8-11)20-9-13(16(12)22)18(23)24/h5-9H,3-4H2,1-2H3,(H,20,22)(H,23,24). The fourth-order valence-corrected chi connectivity index (χ4v) is 3.23. The zero-order valence-corrected chi connectivity index (χ0v) is 14.7. The van der Waals surface area contributed by atoms with Crippen LogP contribution in [0.3, 0.4) is 0 Å². The molecule has 0 aliphatic rings. The van der Waals surface area contributed by atoms with E-state index in [-0.39, 0.29) is 5.56 Å². The van der Waals surface area contributed by atoms with E-state index in [2.05, 4.69) is 14.9 Å². The largest absolute Gasteiger partial charge is 0.477 e. The second-order valence-corrected chi connectivity index (χ2v) is 5.98. The number of rotatable bonds is 4. The number of pyridine rings is 2. The van der Waals surface area contributed by atoms with E-state index in [4.69, 9.17) is 17.3 Å². The quantitative estimate of drug-likeness (QED) is 0.553. The maximum Gasteiger partial charge on any atom is 0.341 e. The summed E-state index contributed by atoms with van der Waals surface area (Å²) in [6.07, 6.45) is 2.90. The van der Waals surface area contributed by atoms with Gasteiger partial charge in [-0.15, -0.1) is 0 Å². The van der Waals surface area contributed by atoms with Crippen LogP contribution in [-0.4, -0.2) is 44.0 Å². The van der Waals surface area contributed by atoms with Gasteiger partial charge in [-0.05, 0) is 26.0 Å². The minimum atomic E-state index is -1.25. The van der Waals surface area contributed by atoms with E-state index in [0.29, 0.717) is 16.4 Å². The number of nitrogens with zero attached hydrogens (tertiary/aromatic N) is 2. The topological polar surface area (TPSA) is 86.3 Å². The average molecular weight is 355 g/mol. The highest BCUT2D eigenvalue weighted by Crippen LogP contribution is 2.22. The number of aromatic amines is 1. The third-order valence-corrected chi connectivity index (χ3v) is 4.72. The lowest BCUT2D eigenvalue weighted by Crippen LogP contribution is -2.29. The number of fused-ring (bicyclic) bond motifs is 3. The van der Waals surface area contributed by atoms with Crippen molar-refractivity contribution >= 4 is 45.0 Å². The lowest BCUT2D eigenvalue weighted by Gasteiger charge is -2.21. The molecule has 0 aliphatic carbocycles. The number of carboxylic acid groups (broad SMARTS) is 1. The molecule has 2 N–H and O–H groups in total. The number of H-pyrrole nitrogens is 1. The first kappa shape index (κ1) is 17.0. The fraction of sp³-hybridized carbons (Fsp3) is 0.222. The normalized spacial score (nSPS) is 11.0. The second kappa shape index (κ2) is 6.60. The van der Waals surface area contributed by atoms with Crippen LogP contribution in [0.4, 0.5) is 0 Å². The summed E-state index contributed by atoms with van der Waals surface area (Å²) >= 11 is 5.53. The van der Waals surface area contributed by atoms with Crippen LogP contribution >= 0.6 is 12.2 Å². The van der Waals surface area contributed by atoms with Gasteiger partial charge in [0, 0.05) is 41.8 Å². The van der Waals surface area contributed by atoms with Gasteiger partial charge in [-0.25, -0.2) is 4.79 Å².